The summed E-state index contributed by atoms with van der Waals surface area (Å²) in [5.74, 6) is -1.71. The summed E-state index contributed by atoms with van der Waals surface area (Å²) in [4.78, 5) is 22.6. The summed E-state index contributed by atoms with van der Waals surface area (Å²) >= 11 is 10.8. The number of halogens is 1. The second kappa shape index (κ2) is 8.24. The van der Waals surface area contributed by atoms with Crippen LogP contribution in [0.1, 0.15) is 15.9 Å². The first-order chi connectivity index (χ1) is 11.4. The average Bonchev–Trinajstić information content (AvgIpc) is 2.54. The van der Waals surface area contributed by atoms with Crippen molar-refractivity contribution in [2.75, 3.05) is 5.32 Å². The highest BCUT2D eigenvalue weighted by molar-refractivity contribution is 7.80. The number of carboxylic acids is 1. The topological polar surface area (TPSA) is 81.3 Å². The van der Waals surface area contributed by atoms with Crippen LogP contribution < -0.4 is 15.7 Å². The number of hydrogen-bond donors (Lipinski definition) is 2. The highest BCUT2D eigenvalue weighted by Crippen LogP contribution is 2.11. The van der Waals surface area contributed by atoms with Gasteiger partial charge in [-0.25, -0.2) is 0 Å². The van der Waals surface area contributed by atoms with E-state index < -0.39 is 11.9 Å². The molecule has 122 valence electrons. The third-order valence-electron chi connectivity index (χ3n) is 2.89. The van der Waals surface area contributed by atoms with Crippen LogP contribution in [0.3, 0.4) is 0 Å². The number of benzene rings is 2. The fraction of sp³-hybridized carbons (Fsp3) is 0. The summed E-state index contributed by atoms with van der Waals surface area (Å²) in [5, 5.41) is 16.7. The highest BCUT2D eigenvalue weighted by Gasteiger charge is 2.03. The van der Waals surface area contributed by atoms with E-state index in [1.165, 1.54) is 18.2 Å². The van der Waals surface area contributed by atoms with Crippen molar-refractivity contribution in [3.63, 3.8) is 0 Å². The zero-order chi connectivity index (χ0) is 17.5. The Hall–Kier alpha value is -2.70. The summed E-state index contributed by atoms with van der Waals surface area (Å²) in [5.41, 5.74) is 1.26. The lowest BCUT2D eigenvalue weighted by Gasteiger charge is -2.10. The normalized spacial score (nSPS) is 10.4. The molecule has 0 spiro atoms. The number of amides is 1. The van der Waals surface area contributed by atoms with E-state index in [4.69, 9.17) is 23.8 Å². The first-order valence-corrected chi connectivity index (χ1v) is 7.60. The van der Waals surface area contributed by atoms with Crippen LogP contribution in [0.5, 0.6) is 0 Å². The molecule has 7 heteroatoms. The molecule has 2 aromatic carbocycles. The molecule has 0 saturated heterocycles. The van der Waals surface area contributed by atoms with E-state index in [-0.39, 0.29) is 10.7 Å². The van der Waals surface area contributed by atoms with Gasteiger partial charge in [-0.1, -0.05) is 35.9 Å². The Balaban J connectivity index is 1.92. The lowest BCUT2D eigenvalue weighted by molar-refractivity contribution is -0.255. The number of carbonyl (C=O) groups excluding carboxylic acids is 2. The molecule has 0 unspecified atom stereocenters. The third kappa shape index (κ3) is 5.49. The van der Waals surface area contributed by atoms with Crippen LogP contribution in [0.15, 0.2) is 54.6 Å². The number of carbonyl (C=O) groups is 2. The predicted molar refractivity (Wildman–Crippen MR) is 95.6 cm³/mol. The van der Waals surface area contributed by atoms with Gasteiger partial charge in [0.05, 0.1) is 5.97 Å². The van der Waals surface area contributed by atoms with Gasteiger partial charge in [0.15, 0.2) is 5.11 Å². The molecule has 0 aliphatic heterocycles. The van der Waals surface area contributed by atoms with Crippen molar-refractivity contribution in [3.8, 4) is 0 Å². The van der Waals surface area contributed by atoms with Gasteiger partial charge >= 0.3 is 0 Å². The molecule has 24 heavy (non-hydrogen) atoms. The fourth-order valence-corrected chi connectivity index (χ4v) is 2.13. The Morgan fingerprint density at radius 1 is 1.12 bits per heavy atom. The summed E-state index contributed by atoms with van der Waals surface area (Å²) < 4.78 is 0. The highest BCUT2D eigenvalue weighted by atomic mass is 35.5. The van der Waals surface area contributed by atoms with E-state index in [2.05, 4.69) is 10.6 Å². The lowest BCUT2D eigenvalue weighted by Crippen LogP contribution is -2.33. The standard InChI is InChI=1S/C17H13ClN2O3S/c18-13-7-4-11(5-8-13)6-9-15(21)20-17(24)19-14-3-1-2-12(10-14)16(22)23/h1-10H,(H,22,23)(H2,19,20,21,24)/p-1/b9-6+. The molecule has 1 amide bonds. The molecule has 0 saturated carbocycles. The fourth-order valence-electron chi connectivity index (χ4n) is 1.79. The van der Waals surface area contributed by atoms with Crippen molar-refractivity contribution in [2.24, 2.45) is 0 Å². The van der Waals surface area contributed by atoms with E-state index in [0.29, 0.717) is 10.7 Å². The maximum Gasteiger partial charge on any atom is 0.250 e. The Bertz CT molecular complexity index is 804. The largest absolute Gasteiger partial charge is 0.545 e. The first kappa shape index (κ1) is 17.7. The minimum atomic E-state index is -1.29. The van der Waals surface area contributed by atoms with Crippen LogP contribution in [-0.4, -0.2) is 17.0 Å². The van der Waals surface area contributed by atoms with Gasteiger partial charge in [0.1, 0.15) is 0 Å². The number of anilines is 1. The minimum Gasteiger partial charge on any atom is -0.545 e. The average molecular weight is 360 g/mol. The lowest BCUT2D eigenvalue weighted by atomic mass is 10.2. The van der Waals surface area contributed by atoms with Crippen molar-refractivity contribution >= 4 is 52.6 Å². The summed E-state index contributed by atoms with van der Waals surface area (Å²) in [6, 6.07) is 12.9. The van der Waals surface area contributed by atoms with Crippen LogP contribution >= 0.6 is 23.8 Å². The van der Waals surface area contributed by atoms with Crippen LogP contribution in [0.25, 0.3) is 6.08 Å². The summed E-state index contributed by atoms with van der Waals surface area (Å²) in [7, 11) is 0. The van der Waals surface area contributed by atoms with E-state index in [0.717, 1.165) is 5.56 Å². The van der Waals surface area contributed by atoms with Gasteiger partial charge in [-0.15, -0.1) is 0 Å². The molecule has 0 bridgehead atoms. The van der Waals surface area contributed by atoms with E-state index in [9.17, 15) is 14.7 Å². The summed E-state index contributed by atoms with van der Waals surface area (Å²) in [6.45, 7) is 0. The molecule has 2 aromatic rings. The van der Waals surface area contributed by atoms with E-state index in [1.54, 1.807) is 42.5 Å². The molecule has 0 radical (unpaired) electrons. The molecule has 0 aliphatic rings. The van der Waals surface area contributed by atoms with Gasteiger partial charge in [0.2, 0.25) is 5.91 Å². The van der Waals surface area contributed by atoms with Gasteiger partial charge in [0, 0.05) is 16.8 Å². The van der Waals surface area contributed by atoms with Crippen molar-refractivity contribution in [3.05, 3.63) is 70.8 Å². The first-order valence-electron chi connectivity index (χ1n) is 6.81. The molecule has 5 nitrogen and oxygen atoms in total. The Kier molecular flexibility index (Phi) is 6.06. The van der Waals surface area contributed by atoms with Crippen molar-refractivity contribution < 1.29 is 14.7 Å². The molecule has 2 N–H and O–H groups in total. The quantitative estimate of drug-likeness (QED) is 0.646. The molecule has 2 rings (SSSR count). The number of aromatic carboxylic acids is 1. The maximum absolute atomic E-state index is 11.8. The number of nitrogens with one attached hydrogen (secondary N) is 2. The van der Waals surface area contributed by atoms with Gasteiger partial charge in [-0.2, -0.15) is 0 Å². The predicted octanol–water partition coefficient (Wildman–Crippen LogP) is 2.23. The second-order valence-electron chi connectivity index (χ2n) is 4.70. The van der Waals surface area contributed by atoms with E-state index >= 15 is 0 Å². The second-order valence-corrected chi connectivity index (χ2v) is 5.54. The van der Waals surface area contributed by atoms with Crippen LogP contribution in [0, 0.1) is 0 Å². The number of thiocarbonyl (C=S) groups is 1. The Labute approximate surface area is 149 Å². The van der Waals surface area contributed by atoms with Gasteiger partial charge in [-0.05, 0) is 53.7 Å². The zero-order valence-corrected chi connectivity index (χ0v) is 13.9. The Morgan fingerprint density at radius 3 is 2.50 bits per heavy atom. The van der Waals surface area contributed by atoms with Crippen LogP contribution in [0.2, 0.25) is 5.02 Å². The number of carboxylic acid groups (broad SMARTS) is 1. The number of hydrogen-bond acceptors (Lipinski definition) is 4. The van der Waals surface area contributed by atoms with Crippen LogP contribution in [-0.2, 0) is 4.79 Å². The molecule has 0 atom stereocenters. The van der Waals surface area contributed by atoms with Crippen molar-refractivity contribution in [1.29, 1.82) is 0 Å². The van der Waals surface area contributed by atoms with Crippen LogP contribution in [0.4, 0.5) is 5.69 Å². The van der Waals surface area contributed by atoms with Crippen molar-refractivity contribution in [1.82, 2.24) is 5.32 Å². The summed E-state index contributed by atoms with van der Waals surface area (Å²) in [6.07, 6.45) is 2.94. The Morgan fingerprint density at radius 2 is 1.83 bits per heavy atom. The van der Waals surface area contributed by atoms with Gasteiger partial charge < -0.3 is 15.2 Å². The smallest absolute Gasteiger partial charge is 0.250 e. The van der Waals surface area contributed by atoms with Gasteiger partial charge in [-0.3, -0.25) is 10.1 Å². The molecule has 0 aliphatic carbocycles. The maximum atomic E-state index is 11.8. The zero-order valence-electron chi connectivity index (χ0n) is 12.3. The minimum absolute atomic E-state index is 0.0109. The van der Waals surface area contributed by atoms with E-state index in [1.807, 2.05) is 0 Å². The molecular weight excluding hydrogens is 348 g/mol. The molecule has 0 fully saturated rings. The van der Waals surface area contributed by atoms with Crippen molar-refractivity contribution in [2.45, 2.75) is 0 Å². The SMILES string of the molecule is O=C(/C=C/c1ccc(Cl)cc1)NC(=S)Nc1cccc(C(=O)[O-])c1. The monoisotopic (exact) mass is 359 g/mol. The number of rotatable bonds is 4. The third-order valence-corrected chi connectivity index (χ3v) is 3.35. The molecular formula is C17H12ClN2O3S-. The molecule has 0 aromatic heterocycles. The molecule has 0 heterocycles. The van der Waals surface area contributed by atoms with Gasteiger partial charge in [0.25, 0.3) is 0 Å².